The molecule has 1 heterocycles. The molecule has 0 radical (unpaired) electrons. The fourth-order valence-electron chi connectivity index (χ4n) is 1.98. The van der Waals surface area contributed by atoms with Crippen LogP contribution in [0.15, 0.2) is 0 Å². The lowest BCUT2D eigenvalue weighted by Gasteiger charge is -2.27. The molecule has 4 atom stereocenters. The Balaban J connectivity index is 2.77. The predicted octanol–water partition coefficient (Wildman–Crippen LogP) is -0.594. The number of carboxylic acids is 1. The number of amides is 1. The zero-order valence-electron chi connectivity index (χ0n) is 10.2. The first-order valence-electron chi connectivity index (χ1n) is 5.85. The highest BCUT2D eigenvalue weighted by Crippen LogP contribution is 2.20. The summed E-state index contributed by atoms with van der Waals surface area (Å²) in [7, 11) is 0. The Bertz CT molecular complexity index is 308. The summed E-state index contributed by atoms with van der Waals surface area (Å²) in [5.74, 6) is -1.48. The van der Waals surface area contributed by atoms with E-state index in [1.54, 1.807) is 0 Å². The van der Waals surface area contributed by atoms with Crippen molar-refractivity contribution in [2.45, 2.75) is 44.9 Å². The van der Waals surface area contributed by atoms with E-state index < -0.39 is 24.2 Å². The zero-order chi connectivity index (χ0) is 13.2. The minimum absolute atomic E-state index is 0.00492. The van der Waals surface area contributed by atoms with Crippen LogP contribution in [0.1, 0.15) is 26.7 Å². The van der Waals surface area contributed by atoms with Gasteiger partial charge in [0.05, 0.1) is 12.1 Å². The van der Waals surface area contributed by atoms with Crippen LogP contribution in [0.4, 0.5) is 0 Å². The van der Waals surface area contributed by atoms with E-state index >= 15 is 0 Å². The number of nitrogens with two attached hydrogens (primary N) is 1. The molecule has 0 unspecified atom stereocenters. The summed E-state index contributed by atoms with van der Waals surface area (Å²) in [6.45, 7) is 3.83. The lowest BCUT2D eigenvalue weighted by molar-refractivity contribution is -0.149. The molecular weight excluding hydrogens is 224 g/mol. The molecule has 1 aliphatic heterocycles. The lowest BCUT2D eigenvalue weighted by atomic mass is 9.98. The maximum atomic E-state index is 12.0. The molecule has 1 aliphatic rings. The van der Waals surface area contributed by atoms with Crippen LogP contribution in [0.5, 0.6) is 0 Å². The van der Waals surface area contributed by atoms with Crippen molar-refractivity contribution in [2.75, 3.05) is 6.54 Å². The Morgan fingerprint density at radius 2 is 2.12 bits per heavy atom. The molecular formula is C11H20N2O4. The maximum absolute atomic E-state index is 12.0. The smallest absolute Gasteiger partial charge is 0.326 e. The number of aliphatic hydroxyl groups excluding tert-OH is 1. The fraction of sp³-hybridized carbons (Fsp3) is 0.818. The van der Waals surface area contributed by atoms with Crippen LogP contribution in [0.25, 0.3) is 0 Å². The monoisotopic (exact) mass is 244 g/mol. The van der Waals surface area contributed by atoms with Crippen molar-refractivity contribution >= 4 is 11.9 Å². The van der Waals surface area contributed by atoms with Gasteiger partial charge in [-0.2, -0.15) is 0 Å². The highest BCUT2D eigenvalue weighted by atomic mass is 16.4. The van der Waals surface area contributed by atoms with E-state index in [2.05, 4.69) is 0 Å². The molecule has 98 valence electrons. The lowest BCUT2D eigenvalue weighted by Crippen LogP contribution is -2.50. The second-order valence-electron chi connectivity index (χ2n) is 4.65. The zero-order valence-corrected chi connectivity index (χ0v) is 10.2. The summed E-state index contributed by atoms with van der Waals surface area (Å²) in [5, 5.41) is 18.4. The third kappa shape index (κ3) is 2.95. The molecule has 0 aromatic rings. The Hall–Kier alpha value is -1.14. The Kier molecular flexibility index (Phi) is 4.47. The average Bonchev–Trinajstić information content (AvgIpc) is 2.68. The van der Waals surface area contributed by atoms with Crippen LogP contribution < -0.4 is 5.73 Å². The van der Waals surface area contributed by atoms with Gasteiger partial charge in [0, 0.05) is 13.0 Å². The minimum Gasteiger partial charge on any atom is -0.480 e. The van der Waals surface area contributed by atoms with Crippen molar-refractivity contribution in [1.29, 1.82) is 0 Å². The number of aliphatic hydroxyl groups is 1. The number of hydrogen-bond donors (Lipinski definition) is 3. The van der Waals surface area contributed by atoms with Crippen LogP contribution in [-0.2, 0) is 9.59 Å². The van der Waals surface area contributed by atoms with Gasteiger partial charge in [0.25, 0.3) is 0 Å². The van der Waals surface area contributed by atoms with Gasteiger partial charge in [0.2, 0.25) is 5.91 Å². The first kappa shape index (κ1) is 13.9. The molecule has 4 N–H and O–H groups in total. The van der Waals surface area contributed by atoms with E-state index in [-0.39, 0.29) is 24.8 Å². The molecule has 1 saturated heterocycles. The van der Waals surface area contributed by atoms with Gasteiger partial charge < -0.3 is 20.8 Å². The van der Waals surface area contributed by atoms with Gasteiger partial charge in [-0.3, -0.25) is 4.79 Å². The van der Waals surface area contributed by atoms with E-state index in [1.807, 2.05) is 13.8 Å². The Labute approximate surface area is 100 Å². The number of likely N-dealkylation sites (tertiary alicyclic amines) is 1. The molecule has 6 heteroatoms. The van der Waals surface area contributed by atoms with Crippen molar-refractivity contribution in [2.24, 2.45) is 11.7 Å². The maximum Gasteiger partial charge on any atom is 0.326 e. The predicted molar refractivity (Wildman–Crippen MR) is 61.2 cm³/mol. The summed E-state index contributed by atoms with van der Waals surface area (Å²) in [4.78, 5) is 24.2. The standard InChI is InChI=1S/C11H20N2O4/c1-3-6(2)9(12)10(15)13-5-7(14)4-8(13)11(16)17/h6-9,14H,3-5,12H2,1-2H3,(H,16,17)/t6-,7+,8-,9-/m1/s1. The Morgan fingerprint density at radius 3 is 2.59 bits per heavy atom. The summed E-state index contributed by atoms with van der Waals surface area (Å²) in [6.07, 6.45) is 0.0548. The number of aliphatic carboxylic acids is 1. The quantitative estimate of drug-likeness (QED) is 0.613. The highest BCUT2D eigenvalue weighted by molar-refractivity contribution is 5.87. The third-order valence-corrected chi connectivity index (χ3v) is 3.39. The van der Waals surface area contributed by atoms with Crippen LogP contribution in [0, 0.1) is 5.92 Å². The van der Waals surface area contributed by atoms with E-state index in [0.717, 1.165) is 6.42 Å². The minimum atomic E-state index is -1.09. The molecule has 0 aromatic heterocycles. The molecule has 1 rings (SSSR count). The van der Waals surface area contributed by atoms with E-state index in [9.17, 15) is 14.7 Å². The van der Waals surface area contributed by atoms with Crippen molar-refractivity contribution in [3.63, 3.8) is 0 Å². The number of carbonyl (C=O) groups is 2. The van der Waals surface area contributed by atoms with Gasteiger partial charge in [-0.25, -0.2) is 4.79 Å². The van der Waals surface area contributed by atoms with Gasteiger partial charge in [-0.15, -0.1) is 0 Å². The average molecular weight is 244 g/mol. The normalized spacial score (nSPS) is 27.9. The molecule has 0 aromatic carbocycles. The second-order valence-corrected chi connectivity index (χ2v) is 4.65. The summed E-state index contributed by atoms with van der Waals surface area (Å²) in [6, 6.07) is -1.65. The summed E-state index contributed by atoms with van der Waals surface area (Å²) in [5.41, 5.74) is 5.79. The number of rotatable bonds is 4. The molecule has 0 saturated carbocycles. The van der Waals surface area contributed by atoms with Gasteiger partial charge in [0.1, 0.15) is 6.04 Å². The van der Waals surface area contributed by atoms with Gasteiger partial charge in [-0.05, 0) is 5.92 Å². The third-order valence-electron chi connectivity index (χ3n) is 3.39. The molecule has 0 aliphatic carbocycles. The van der Waals surface area contributed by atoms with E-state index in [4.69, 9.17) is 10.8 Å². The van der Waals surface area contributed by atoms with E-state index in [0.29, 0.717) is 0 Å². The number of β-amino-alcohol motifs (C(OH)–C–C–N with tert-alkyl or cyclic N) is 1. The van der Waals surface area contributed by atoms with Gasteiger partial charge in [0.15, 0.2) is 0 Å². The largest absolute Gasteiger partial charge is 0.480 e. The molecule has 6 nitrogen and oxygen atoms in total. The van der Waals surface area contributed by atoms with Crippen molar-refractivity contribution in [3.8, 4) is 0 Å². The van der Waals surface area contributed by atoms with Crippen LogP contribution in [0.3, 0.4) is 0 Å². The van der Waals surface area contributed by atoms with E-state index in [1.165, 1.54) is 4.90 Å². The van der Waals surface area contributed by atoms with Gasteiger partial charge >= 0.3 is 5.97 Å². The van der Waals surface area contributed by atoms with Crippen LogP contribution >= 0.6 is 0 Å². The topological polar surface area (TPSA) is 104 Å². The van der Waals surface area contributed by atoms with Crippen molar-refractivity contribution in [3.05, 3.63) is 0 Å². The number of hydrogen-bond acceptors (Lipinski definition) is 4. The highest BCUT2D eigenvalue weighted by Gasteiger charge is 2.41. The van der Waals surface area contributed by atoms with Crippen LogP contribution in [0.2, 0.25) is 0 Å². The first-order chi connectivity index (χ1) is 7.88. The Morgan fingerprint density at radius 1 is 1.53 bits per heavy atom. The number of nitrogens with zero attached hydrogens (tertiary/aromatic N) is 1. The fourth-order valence-corrected chi connectivity index (χ4v) is 1.98. The molecule has 17 heavy (non-hydrogen) atoms. The molecule has 1 amide bonds. The second kappa shape index (κ2) is 5.46. The van der Waals surface area contributed by atoms with Crippen LogP contribution in [-0.4, -0.2) is 51.7 Å². The SMILES string of the molecule is CC[C@@H](C)[C@@H](N)C(=O)N1C[C@@H](O)C[C@@H]1C(=O)O. The first-order valence-corrected chi connectivity index (χ1v) is 5.85. The molecule has 1 fully saturated rings. The molecule has 0 bridgehead atoms. The summed E-state index contributed by atoms with van der Waals surface area (Å²) < 4.78 is 0. The summed E-state index contributed by atoms with van der Waals surface area (Å²) >= 11 is 0. The number of carbonyl (C=O) groups excluding carboxylic acids is 1. The van der Waals surface area contributed by atoms with Crippen molar-refractivity contribution < 1.29 is 19.8 Å². The van der Waals surface area contributed by atoms with Gasteiger partial charge in [-0.1, -0.05) is 20.3 Å². The number of carboxylic acid groups (broad SMARTS) is 1. The van der Waals surface area contributed by atoms with Crippen molar-refractivity contribution in [1.82, 2.24) is 4.90 Å². The molecule has 0 spiro atoms.